The summed E-state index contributed by atoms with van der Waals surface area (Å²) in [5, 5.41) is 0.679. The number of benzene rings is 1. The maximum absolute atomic E-state index is 12.3. The van der Waals surface area contributed by atoms with Crippen LogP contribution in [0.3, 0.4) is 0 Å². The molecule has 0 saturated carbocycles. The van der Waals surface area contributed by atoms with Gasteiger partial charge in [0.15, 0.2) is 10.9 Å². The number of anilines is 1. The molecule has 3 heterocycles. The Bertz CT molecular complexity index is 1020. The number of hydrogen-bond acceptors (Lipinski definition) is 7. The quantitative estimate of drug-likeness (QED) is 0.408. The summed E-state index contributed by atoms with van der Waals surface area (Å²) in [5.74, 6) is 2.41. The van der Waals surface area contributed by atoms with E-state index in [0.717, 1.165) is 35.9 Å². The molecule has 1 amide bonds. The number of ether oxygens (including phenoxy) is 1. The van der Waals surface area contributed by atoms with E-state index in [-0.39, 0.29) is 5.91 Å². The van der Waals surface area contributed by atoms with Gasteiger partial charge in [0.05, 0.1) is 24.7 Å². The number of rotatable bonds is 7. The summed E-state index contributed by atoms with van der Waals surface area (Å²) < 4.78 is 11.2. The third kappa shape index (κ3) is 5.26. The van der Waals surface area contributed by atoms with Crippen LogP contribution in [0.2, 0.25) is 0 Å². The lowest BCUT2D eigenvalue weighted by atomic mass is 10.1. The lowest BCUT2D eigenvalue weighted by Gasteiger charge is -2.28. The molecule has 0 N–H and O–H groups in total. The van der Waals surface area contributed by atoms with Crippen LogP contribution in [0.4, 0.5) is 5.82 Å². The highest BCUT2D eigenvalue weighted by Gasteiger charge is 2.18. The predicted octanol–water partition coefficient (Wildman–Crippen LogP) is 3.96. The predicted molar refractivity (Wildman–Crippen MR) is 121 cm³/mol. The Hall–Kier alpha value is -2.84. The number of morpholine rings is 1. The van der Waals surface area contributed by atoms with Gasteiger partial charge in [-0.3, -0.25) is 4.79 Å². The van der Waals surface area contributed by atoms with Crippen molar-refractivity contribution in [2.24, 2.45) is 0 Å². The zero-order chi connectivity index (χ0) is 21.6. The van der Waals surface area contributed by atoms with E-state index in [1.807, 2.05) is 37.3 Å². The first-order valence-corrected chi connectivity index (χ1v) is 11.4. The number of aromatic nitrogens is 2. The van der Waals surface area contributed by atoms with E-state index in [1.165, 1.54) is 11.8 Å². The molecule has 0 aliphatic carbocycles. The fraction of sp³-hybridized carbons (Fsp3) is 0.348. The molecule has 0 bridgehead atoms. The topological polar surface area (TPSA) is 71.7 Å². The van der Waals surface area contributed by atoms with Gasteiger partial charge in [0.1, 0.15) is 11.6 Å². The molecule has 1 saturated heterocycles. The van der Waals surface area contributed by atoms with Crippen LogP contribution in [-0.4, -0.2) is 60.7 Å². The molecular formula is C23H26N4O3S. The molecule has 162 valence electrons. The van der Waals surface area contributed by atoms with E-state index in [1.54, 1.807) is 18.0 Å². The lowest BCUT2D eigenvalue weighted by molar-refractivity contribution is 0.0769. The molecular weight excluding hydrogens is 412 g/mol. The van der Waals surface area contributed by atoms with Crippen LogP contribution >= 0.6 is 11.8 Å². The molecule has 2 aromatic heterocycles. The summed E-state index contributed by atoms with van der Waals surface area (Å²) in [4.78, 5) is 25.7. The zero-order valence-electron chi connectivity index (χ0n) is 17.8. The third-order valence-corrected chi connectivity index (χ3v) is 6.00. The fourth-order valence-electron chi connectivity index (χ4n) is 3.23. The van der Waals surface area contributed by atoms with Gasteiger partial charge in [0.2, 0.25) is 0 Å². The molecule has 3 aromatic rings. The first-order valence-electron chi connectivity index (χ1n) is 10.4. The highest BCUT2D eigenvalue weighted by atomic mass is 32.2. The van der Waals surface area contributed by atoms with Crippen molar-refractivity contribution in [3.8, 4) is 11.3 Å². The second kappa shape index (κ2) is 9.98. The molecule has 4 rings (SSSR count). The van der Waals surface area contributed by atoms with Crippen LogP contribution in [0.1, 0.15) is 23.2 Å². The number of hydrogen-bond donors (Lipinski definition) is 0. The summed E-state index contributed by atoms with van der Waals surface area (Å²) in [7, 11) is 1.76. The summed E-state index contributed by atoms with van der Waals surface area (Å²) >= 11 is 1.50. The zero-order valence-corrected chi connectivity index (χ0v) is 18.6. The molecule has 0 spiro atoms. The first-order chi connectivity index (χ1) is 15.1. The van der Waals surface area contributed by atoms with Crippen molar-refractivity contribution >= 4 is 23.5 Å². The minimum absolute atomic E-state index is 0.115. The van der Waals surface area contributed by atoms with Crippen LogP contribution in [0.25, 0.3) is 11.3 Å². The van der Waals surface area contributed by atoms with Gasteiger partial charge in [0.25, 0.3) is 5.91 Å². The van der Waals surface area contributed by atoms with Crippen molar-refractivity contribution in [2.75, 3.05) is 44.8 Å². The largest absolute Gasteiger partial charge is 0.455 e. The number of carbonyl (C=O) groups is 1. The molecule has 1 fully saturated rings. The number of amides is 1. The Morgan fingerprint density at radius 3 is 2.65 bits per heavy atom. The van der Waals surface area contributed by atoms with Crippen LogP contribution in [0, 0.1) is 0 Å². The molecule has 1 aliphatic rings. The average Bonchev–Trinajstić information content (AvgIpc) is 3.32. The van der Waals surface area contributed by atoms with Gasteiger partial charge in [-0.25, -0.2) is 9.97 Å². The monoisotopic (exact) mass is 438 g/mol. The van der Waals surface area contributed by atoms with E-state index in [2.05, 4.69) is 17.0 Å². The van der Waals surface area contributed by atoms with E-state index >= 15 is 0 Å². The summed E-state index contributed by atoms with van der Waals surface area (Å²) in [6, 6.07) is 15.7. The van der Waals surface area contributed by atoms with Crippen molar-refractivity contribution < 1.29 is 13.9 Å². The number of nitrogens with zero attached hydrogens (tertiary/aromatic N) is 4. The maximum atomic E-state index is 12.3. The van der Waals surface area contributed by atoms with E-state index in [9.17, 15) is 4.79 Å². The molecule has 8 heteroatoms. The molecule has 0 unspecified atom stereocenters. The van der Waals surface area contributed by atoms with Crippen molar-refractivity contribution in [3.63, 3.8) is 0 Å². The van der Waals surface area contributed by atoms with Gasteiger partial charge in [-0.1, -0.05) is 42.1 Å². The van der Waals surface area contributed by atoms with Gasteiger partial charge in [-0.2, -0.15) is 0 Å². The highest BCUT2D eigenvalue weighted by molar-refractivity contribution is 7.98. The summed E-state index contributed by atoms with van der Waals surface area (Å²) in [5.41, 5.74) is 1.94. The van der Waals surface area contributed by atoms with Gasteiger partial charge in [0, 0.05) is 38.3 Å². The van der Waals surface area contributed by atoms with Crippen LogP contribution in [0.5, 0.6) is 0 Å². The van der Waals surface area contributed by atoms with Gasteiger partial charge < -0.3 is 19.0 Å². The minimum atomic E-state index is -0.115. The van der Waals surface area contributed by atoms with E-state index in [0.29, 0.717) is 36.4 Å². The van der Waals surface area contributed by atoms with Gasteiger partial charge in [-0.15, -0.1) is 0 Å². The summed E-state index contributed by atoms with van der Waals surface area (Å²) in [6.07, 6.45) is 0. The van der Waals surface area contributed by atoms with Crippen molar-refractivity contribution in [1.29, 1.82) is 0 Å². The molecule has 0 radical (unpaired) electrons. The third-order valence-electron chi connectivity index (χ3n) is 5.13. The van der Waals surface area contributed by atoms with Crippen LogP contribution in [-0.2, 0) is 10.5 Å². The number of carbonyl (C=O) groups excluding carboxylic acids is 1. The minimum Gasteiger partial charge on any atom is -0.455 e. The molecule has 1 aromatic carbocycles. The highest BCUT2D eigenvalue weighted by Crippen LogP contribution is 2.28. The van der Waals surface area contributed by atoms with Crippen molar-refractivity contribution in [1.82, 2.24) is 14.9 Å². The Labute approximate surface area is 186 Å². The van der Waals surface area contributed by atoms with Gasteiger partial charge in [-0.05, 0) is 19.1 Å². The van der Waals surface area contributed by atoms with Crippen molar-refractivity contribution in [3.05, 3.63) is 60.1 Å². The fourth-order valence-corrected chi connectivity index (χ4v) is 3.97. The van der Waals surface area contributed by atoms with Gasteiger partial charge >= 0.3 is 0 Å². The smallest absolute Gasteiger partial charge is 0.289 e. The van der Waals surface area contributed by atoms with Crippen molar-refractivity contribution in [2.45, 2.75) is 17.8 Å². The SMILES string of the molecule is CCN(C)C(=O)c1ccc(CSc2nc(-c3ccccc3)cc(N3CCOCC3)n2)o1. The Balaban J connectivity index is 1.54. The Morgan fingerprint density at radius 1 is 1.13 bits per heavy atom. The normalized spacial score (nSPS) is 13.9. The second-order valence-corrected chi connectivity index (χ2v) is 8.18. The molecule has 0 atom stereocenters. The molecule has 7 nitrogen and oxygen atoms in total. The first kappa shape index (κ1) is 21.4. The lowest BCUT2D eigenvalue weighted by Crippen LogP contribution is -2.36. The molecule has 1 aliphatic heterocycles. The van der Waals surface area contributed by atoms with E-state index < -0.39 is 0 Å². The Morgan fingerprint density at radius 2 is 1.90 bits per heavy atom. The van der Waals surface area contributed by atoms with E-state index in [4.69, 9.17) is 19.1 Å². The van der Waals surface area contributed by atoms with Crippen LogP contribution < -0.4 is 4.90 Å². The molecule has 31 heavy (non-hydrogen) atoms. The Kier molecular flexibility index (Phi) is 6.89. The standard InChI is InChI=1S/C23H26N4O3S/c1-3-26(2)22(28)20-10-9-18(30-20)16-31-23-24-19(17-7-5-4-6-8-17)15-21(25-23)27-11-13-29-14-12-27/h4-10,15H,3,11-14,16H2,1-2H3. The van der Waals surface area contributed by atoms with Crippen LogP contribution in [0.15, 0.2) is 58.1 Å². The number of furan rings is 1. The second-order valence-electron chi connectivity index (χ2n) is 7.23. The average molecular weight is 439 g/mol. The summed E-state index contributed by atoms with van der Waals surface area (Å²) in [6.45, 7) is 5.58. The number of thioether (sulfide) groups is 1. The maximum Gasteiger partial charge on any atom is 0.289 e.